The second-order valence-corrected chi connectivity index (χ2v) is 2.64. The van der Waals surface area contributed by atoms with Gasteiger partial charge in [0.15, 0.2) is 0 Å². The third-order valence-electron chi connectivity index (χ3n) is 0.897. The van der Waals surface area contributed by atoms with Gasteiger partial charge in [0.05, 0.1) is 6.07 Å². The molecule has 0 aliphatic heterocycles. The zero-order valence-electron chi connectivity index (χ0n) is 5.68. The number of hydrogen-bond donors (Lipinski definition) is 1. The molecule has 0 aromatic rings. The lowest BCUT2D eigenvalue weighted by Gasteiger charge is -1.97. The first-order valence-corrected chi connectivity index (χ1v) is 4.38. The van der Waals surface area contributed by atoms with Gasteiger partial charge < -0.3 is 5.32 Å². The normalized spacial score (nSPS) is 8.89. The van der Waals surface area contributed by atoms with Crippen molar-refractivity contribution in [1.82, 2.24) is 5.32 Å². The lowest BCUT2D eigenvalue weighted by Crippen LogP contribution is -2.17. The summed E-state index contributed by atoms with van der Waals surface area (Å²) in [5.74, 6) is 1.13. The highest BCUT2D eigenvalue weighted by Crippen LogP contribution is 1.86. The van der Waals surface area contributed by atoms with Crippen molar-refractivity contribution in [3.63, 3.8) is 0 Å². The van der Waals surface area contributed by atoms with E-state index in [-0.39, 0.29) is 0 Å². The van der Waals surface area contributed by atoms with Crippen molar-refractivity contribution in [2.45, 2.75) is 6.42 Å². The summed E-state index contributed by atoms with van der Waals surface area (Å²) in [5.41, 5.74) is 0. The summed E-state index contributed by atoms with van der Waals surface area (Å²) in [6, 6.07) is 2.08. The van der Waals surface area contributed by atoms with Crippen LogP contribution in [0.25, 0.3) is 0 Å². The quantitative estimate of drug-likeness (QED) is 0.581. The molecule has 0 spiro atoms. The van der Waals surface area contributed by atoms with Gasteiger partial charge in [-0.1, -0.05) is 0 Å². The fourth-order valence-corrected chi connectivity index (χ4v) is 0.792. The molecule has 3 heteroatoms. The molecule has 0 aliphatic rings. The van der Waals surface area contributed by atoms with E-state index in [2.05, 4.69) is 17.6 Å². The van der Waals surface area contributed by atoms with E-state index in [9.17, 15) is 0 Å². The Hall–Kier alpha value is -0.200. The molecular weight excluding hydrogens is 132 g/mol. The van der Waals surface area contributed by atoms with E-state index in [1.165, 1.54) is 0 Å². The van der Waals surface area contributed by atoms with Crippen molar-refractivity contribution in [1.29, 1.82) is 5.26 Å². The predicted molar refractivity (Wildman–Crippen MR) is 41.5 cm³/mol. The second-order valence-electron chi connectivity index (χ2n) is 1.65. The second kappa shape index (κ2) is 7.80. The first kappa shape index (κ1) is 8.80. The molecule has 0 saturated carbocycles. The smallest absolute Gasteiger partial charge is 0.0635 e. The highest BCUT2D eigenvalue weighted by Gasteiger charge is 1.83. The Morgan fingerprint density at radius 1 is 1.56 bits per heavy atom. The van der Waals surface area contributed by atoms with Crippen LogP contribution in [0.15, 0.2) is 0 Å². The first-order valence-electron chi connectivity index (χ1n) is 2.98. The standard InChI is InChI=1S/C6H12N2S/c1-9-6-5-8-4-2-3-7/h8H,2,4-6H2,1H3. The Balaban J connectivity index is 2.69. The minimum Gasteiger partial charge on any atom is -0.315 e. The Morgan fingerprint density at radius 2 is 2.33 bits per heavy atom. The van der Waals surface area contributed by atoms with Gasteiger partial charge in [-0.15, -0.1) is 0 Å². The fourth-order valence-electron chi connectivity index (χ4n) is 0.444. The Bertz CT molecular complexity index is 87.5. The Morgan fingerprint density at radius 3 is 2.89 bits per heavy atom. The highest BCUT2D eigenvalue weighted by molar-refractivity contribution is 7.98. The Labute approximate surface area is 60.6 Å². The molecule has 1 N–H and O–H groups in total. The van der Waals surface area contributed by atoms with Crippen LogP contribution in [0.5, 0.6) is 0 Å². The zero-order valence-corrected chi connectivity index (χ0v) is 6.50. The third kappa shape index (κ3) is 7.80. The van der Waals surface area contributed by atoms with Gasteiger partial charge in [-0.05, 0) is 6.26 Å². The summed E-state index contributed by atoms with van der Waals surface area (Å²) < 4.78 is 0. The van der Waals surface area contributed by atoms with Gasteiger partial charge >= 0.3 is 0 Å². The Kier molecular flexibility index (Phi) is 7.63. The summed E-state index contributed by atoms with van der Waals surface area (Å²) in [6.07, 6.45) is 2.69. The zero-order chi connectivity index (χ0) is 6.95. The number of nitrogens with zero attached hydrogens (tertiary/aromatic N) is 1. The van der Waals surface area contributed by atoms with Crippen LogP contribution < -0.4 is 5.32 Å². The molecule has 0 fully saturated rings. The van der Waals surface area contributed by atoms with Crippen LogP contribution in [-0.2, 0) is 0 Å². The molecule has 0 unspecified atom stereocenters. The minimum atomic E-state index is 0.619. The molecule has 0 atom stereocenters. The molecule has 52 valence electrons. The van der Waals surface area contributed by atoms with Crippen LogP contribution >= 0.6 is 11.8 Å². The molecule has 0 aromatic heterocycles. The topological polar surface area (TPSA) is 35.8 Å². The van der Waals surface area contributed by atoms with E-state index in [0.29, 0.717) is 6.42 Å². The summed E-state index contributed by atoms with van der Waals surface area (Å²) in [4.78, 5) is 0. The van der Waals surface area contributed by atoms with E-state index in [0.717, 1.165) is 18.8 Å². The van der Waals surface area contributed by atoms with E-state index in [1.807, 2.05) is 11.8 Å². The van der Waals surface area contributed by atoms with E-state index in [1.54, 1.807) is 0 Å². The molecule has 0 amide bonds. The maximum atomic E-state index is 8.13. The summed E-state index contributed by atoms with van der Waals surface area (Å²) in [7, 11) is 0. The SMILES string of the molecule is CSCCNCCC#N. The number of thioether (sulfide) groups is 1. The number of rotatable bonds is 5. The van der Waals surface area contributed by atoms with E-state index in [4.69, 9.17) is 5.26 Å². The van der Waals surface area contributed by atoms with Gasteiger partial charge in [-0.25, -0.2) is 0 Å². The monoisotopic (exact) mass is 144 g/mol. The van der Waals surface area contributed by atoms with Crippen molar-refractivity contribution in [2.24, 2.45) is 0 Å². The summed E-state index contributed by atoms with van der Waals surface area (Å²) in [6.45, 7) is 1.85. The fraction of sp³-hybridized carbons (Fsp3) is 0.833. The molecule has 0 heterocycles. The molecular formula is C6H12N2S. The van der Waals surface area contributed by atoms with E-state index < -0.39 is 0 Å². The molecule has 9 heavy (non-hydrogen) atoms. The number of nitrogens with one attached hydrogen (secondary N) is 1. The molecule has 0 aromatic carbocycles. The van der Waals surface area contributed by atoms with Gasteiger partial charge in [0.25, 0.3) is 0 Å². The first-order chi connectivity index (χ1) is 4.41. The lowest BCUT2D eigenvalue weighted by molar-refractivity contribution is 0.736. The number of nitriles is 1. The van der Waals surface area contributed by atoms with Gasteiger partial charge in [-0.2, -0.15) is 17.0 Å². The van der Waals surface area contributed by atoms with Crippen molar-refractivity contribution in [2.75, 3.05) is 25.1 Å². The van der Waals surface area contributed by atoms with Crippen LogP contribution in [0, 0.1) is 11.3 Å². The van der Waals surface area contributed by atoms with Crippen molar-refractivity contribution in [3.8, 4) is 6.07 Å². The molecule has 0 saturated heterocycles. The average Bonchev–Trinajstić information content (AvgIpc) is 1.89. The molecule has 0 radical (unpaired) electrons. The largest absolute Gasteiger partial charge is 0.315 e. The van der Waals surface area contributed by atoms with E-state index >= 15 is 0 Å². The van der Waals surface area contributed by atoms with Gasteiger partial charge in [-0.3, -0.25) is 0 Å². The van der Waals surface area contributed by atoms with Gasteiger partial charge in [0.1, 0.15) is 0 Å². The summed E-state index contributed by atoms with van der Waals surface area (Å²) in [5, 5.41) is 11.3. The third-order valence-corrected chi connectivity index (χ3v) is 1.51. The van der Waals surface area contributed by atoms with Crippen molar-refractivity contribution in [3.05, 3.63) is 0 Å². The van der Waals surface area contributed by atoms with Crippen LogP contribution in [0.4, 0.5) is 0 Å². The number of hydrogen-bond acceptors (Lipinski definition) is 3. The van der Waals surface area contributed by atoms with Crippen LogP contribution in [-0.4, -0.2) is 25.1 Å². The van der Waals surface area contributed by atoms with Crippen LogP contribution in [0.3, 0.4) is 0 Å². The molecule has 0 aliphatic carbocycles. The average molecular weight is 144 g/mol. The highest BCUT2D eigenvalue weighted by atomic mass is 32.2. The molecule has 2 nitrogen and oxygen atoms in total. The predicted octanol–water partition coefficient (Wildman–Crippen LogP) is 0.853. The molecule has 0 rings (SSSR count). The molecule has 0 bridgehead atoms. The van der Waals surface area contributed by atoms with Gasteiger partial charge in [0.2, 0.25) is 0 Å². The van der Waals surface area contributed by atoms with Gasteiger partial charge in [0, 0.05) is 25.3 Å². The van der Waals surface area contributed by atoms with Crippen molar-refractivity contribution >= 4 is 11.8 Å². The lowest BCUT2D eigenvalue weighted by atomic mass is 10.5. The van der Waals surface area contributed by atoms with Crippen molar-refractivity contribution < 1.29 is 0 Å². The minimum absolute atomic E-state index is 0.619. The maximum absolute atomic E-state index is 8.13. The maximum Gasteiger partial charge on any atom is 0.0635 e. The van der Waals surface area contributed by atoms with Crippen LogP contribution in [0.1, 0.15) is 6.42 Å². The van der Waals surface area contributed by atoms with Crippen LogP contribution in [0.2, 0.25) is 0 Å². The summed E-state index contributed by atoms with van der Waals surface area (Å²) >= 11 is 1.81.